The van der Waals surface area contributed by atoms with Crippen molar-refractivity contribution in [3.8, 4) is 0 Å². The molecule has 4 nitrogen and oxygen atoms in total. The number of anilines is 1. The zero-order valence-electron chi connectivity index (χ0n) is 16.8. The third-order valence-electron chi connectivity index (χ3n) is 5.24. The number of carbonyl (C=O) groups is 2. The van der Waals surface area contributed by atoms with E-state index in [1.54, 1.807) is 6.92 Å². The van der Waals surface area contributed by atoms with Crippen LogP contribution in [-0.4, -0.2) is 11.8 Å². The van der Waals surface area contributed by atoms with Gasteiger partial charge in [-0.25, -0.2) is 8.78 Å². The Balaban J connectivity index is 1.79. The van der Waals surface area contributed by atoms with Crippen LogP contribution in [0.3, 0.4) is 0 Å². The summed E-state index contributed by atoms with van der Waals surface area (Å²) in [5.41, 5.74) is -0.112. The van der Waals surface area contributed by atoms with E-state index in [2.05, 4.69) is 26.6 Å². The predicted molar refractivity (Wildman–Crippen MR) is 114 cm³/mol. The van der Waals surface area contributed by atoms with Crippen molar-refractivity contribution in [2.45, 2.75) is 19.1 Å². The number of fused-ring (bicyclic) bond motifs is 1. The van der Waals surface area contributed by atoms with Crippen molar-refractivity contribution in [3.63, 3.8) is 0 Å². The number of benzene rings is 3. The molecule has 0 saturated heterocycles. The van der Waals surface area contributed by atoms with E-state index in [4.69, 9.17) is 0 Å². The summed E-state index contributed by atoms with van der Waals surface area (Å²) in [6.45, 7) is 1.72. The van der Waals surface area contributed by atoms with Crippen LogP contribution in [0.5, 0.6) is 0 Å². The fourth-order valence-corrected chi connectivity index (χ4v) is 4.19. The van der Waals surface area contributed by atoms with Gasteiger partial charge in [0.1, 0.15) is 11.6 Å². The Morgan fingerprint density at radius 3 is 2.45 bits per heavy atom. The smallest absolute Gasteiger partial charge is 0.341 e. The van der Waals surface area contributed by atoms with Crippen molar-refractivity contribution in [1.29, 1.82) is 0 Å². The highest BCUT2D eigenvalue weighted by Gasteiger charge is 2.35. The first-order valence-corrected chi connectivity index (χ1v) is 10.3. The second-order valence-corrected chi connectivity index (χ2v) is 8.42. The number of carbonyl (C=O) groups excluding carboxylic acids is 2. The molecule has 0 spiro atoms. The van der Waals surface area contributed by atoms with Crippen LogP contribution in [0.25, 0.3) is 0 Å². The predicted octanol–water partition coefficient (Wildman–Crippen LogP) is 6.14. The highest BCUT2D eigenvalue weighted by Crippen LogP contribution is 2.40. The van der Waals surface area contributed by atoms with Crippen molar-refractivity contribution in [2.75, 3.05) is 5.32 Å². The van der Waals surface area contributed by atoms with Crippen LogP contribution in [-0.2, 0) is 6.18 Å². The lowest BCUT2D eigenvalue weighted by Gasteiger charge is -2.19. The molecule has 3 aromatic carbocycles. The van der Waals surface area contributed by atoms with E-state index in [0.717, 1.165) is 0 Å². The van der Waals surface area contributed by atoms with Gasteiger partial charge in [-0.3, -0.25) is 9.59 Å². The molecule has 1 aliphatic rings. The van der Waals surface area contributed by atoms with Gasteiger partial charge in [0, 0.05) is 26.9 Å². The standard InChI is InChI=1S/C23H14BrF5N2O2/c1-10-2-3-14(25)9-16(10)20-19-17(22(33)31-20)7-13(24)8-18(19)30-21(32)11-4-12(23(27,28)29)6-15(26)5-11/h2-9,20H,1H3,(H,30,32)(H,31,33)/t20-/m1/s1. The Kier molecular flexibility index (Phi) is 5.73. The minimum absolute atomic E-state index is 0.106. The molecule has 2 N–H and O–H groups in total. The van der Waals surface area contributed by atoms with E-state index in [9.17, 15) is 31.5 Å². The van der Waals surface area contributed by atoms with Crippen LogP contribution >= 0.6 is 15.9 Å². The summed E-state index contributed by atoms with van der Waals surface area (Å²) in [4.78, 5) is 25.4. The first-order valence-electron chi connectivity index (χ1n) is 9.53. The maximum absolute atomic E-state index is 13.9. The van der Waals surface area contributed by atoms with Gasteiger partial charge < -0.3 is 10.6 Å². The molecule has 3 aromatic rings. The molecule has 170 valence electrons. The van der Waals surface area contributed by atoms with Crippen LogP contribution in [0, 0.1) is 18.6 Å². The Morgan fingerprint density at radius 2 is 1.76 bits per heavy atom. The molecule has 33 heavy (non-hydrogen) atoms. The van der Waals surface area contributed by atoms with Gasteiger partial charge in [0.25, 0.3) is 11.8 Å². The molecule has 0 fully saturated rings. The molecule has 1 aliphatic heterocycles. The quantitative estimate of drug-likeness (QED) is 0.404. The summed E-state index contributed by atoms with van der Waals surface area (Å²) < 4.78 is 67.2. The molecule has 0 bridgehead atoms. The largest absolute Gasteiger partial charge is 0.416 e. The molecule has 1 heterocycles. The van der Waals surface area contributed by atoms with Gasteiger partial charge in [-0.1, -0.05) is 22.0 Å². The Labute approximate surface area is 192 Å². The fourth-order valence-electron chi connectivity index (χ4n) is 3.74. The summed E-state index contributed by atoms with van der Waals surface area (Å²) in [5, 5.41) is 5.21. The second kappa shape index (κ2) is 8.26. The third kappa shape index (κ3) is 4.47. The zero-order valence-corrected chi connectivity index (χ0v) is 18.4. The Morgan fingerprint density at radius 1 is 1.03 bits per heavy atom. The monoisotopic (exact) mass is 524 g/mol. The molecular formula is C23H14BrF5N2O2. The number of aryl methyl sites for hydroxylation is 1. The van der Waals surface area contributed by atoms with E-state index in [1.165, 1.54) is 30.3 Å². The zero-order chi connectivity index (χ0) is 24.1. The molecule has 0 aliphatic carbocycles. The van der Waals surface area contributed by atoms with Crippen molar-refractivity contribution in [2.24, 2.45) is 0 Å². The molecular weight excluding hydrogens is 511 g/mol. The van der Waals surface area contributed by atoms with Crippen LogP contribution in [0.1, 0.15) is 49.0 Å². The highest BCUT2D eigenvalue weighted by molar-refractivity contribution is 9.10. The van der Waals surface area contributed by atoms with Crippen molar-refractivity contribution < 1.29 is 31.5 Å². The number of halogens is 6. The summed E-state index contributed by atoms with van der Waals surface area (Å²) in [6.07, 6.45) is -4.84. The Hall–Kier alpha value is -3.27. The van der Waals surface area contributed by atoms with Gasteiger partial charge in [0.05, 0.1) is 11.6 Å². The molecule has 0 aromatic heterocycles. The van der Waals surface area contributed by atoms with Gasteiger partial charge >= 0.3 is 6.18 Å². The van der Waals surface area contributed by atoms with E-state index >= 15 is 0 Å². The van der Waals surface area contributed by atoms with Crippen molar-refractivity contribution >= 4 is 33.4 Å². The number of amides is 2. The number of alkyl halides is 3. The Bertz CT molecular complexity index is 1310. The topological polar surface area (TPSA) is 58.2 Å². The average Bonchev–Trinajstić information content (AvgIpc) is 3.05. The number of hydrogen-bond donors (Lipinski definition) is 2. The lowest BCUT2D eigenvalue weighted by atomic mass is 9.93. The summed E-state index contributed by atoms with van der Waals surface area (Å²) >= 11 is 3.24. The van der Waals surface area contributed by atoms with Gasteiger partial charge in [-0.2, -0.15) is 13.2 Å². The maximum atomic E-state index is 13.9. The minimum Gasteiger partial charge on any atom is -0.341 e. The van der Waals surface area contributed by atoms with Crippen LogP contribution in [0.2, 0.25) is 0 Å². The van der Waals surface area contributed by atoms with E-state index in [-0.39, 0.29) is 11.3 Å². The lowest BCUT2D eigenvalue weighted by Crippen LogP contribution is -2.21. The van der Waals surface area contributed by atoms with Gasteiger partial charge in [0.2, 0.25) is 0 Å². The molecule has 0 radical (unpaired) electrons. The first-order chi connectivity index (χ1) is 15.4. The third-order valence-corrected chi connectivity index (χ3v) is 5.70. The highest BCUT2D eigenvalue weighted by atomic mass is 79.9. The minimum atomic E-state index is -4.84. The lowest BCUT2D eigenvalue weighted by molar-refractivity contribution is -0.137. The van der Waals surface area contributed by atoms with Crippen molar-refractivity contribution in [3.05, 3.63) is 98.0 Å². The fraction of sp³-hybridized carbons (Fsp3) is 0.130. The van der Waals surface area contributed by atoms with Crippen LogP contribution in [0.4, 0.5) is 27.6 Å². The average molecular weight is 525 g/mol. The number of hydrogen-bond acceptors (Lipinski definition) is 2. The van der Waals surface area contributed by atoms with Crippen LogP contribution < -0.4 is 10.6 Å². The summed E-state index contributed by atoms with van der Waals surface area (Å²) in [5.74, 6) is -3.23. The van der Waals surface area contributed by atoms with E-state index in [0.29, 0.717) is 39.4 Å². The SMILES string of the molecule is Cc1ccc(F)cc1[C@H]1NC(=O)c2cc(Br)cc(NC(=O)c3cc(F)cc(C(F)(F)F)c3)c21. The molecule has 10 heteroatoms. The van der Waals surface area contributed by atoms with Gasteiger partial charge in [-0.15, -0.1) is 0 Å². The number of rotatable bonds is 3. The second-order valence-electron chi connectivity index (χ2n) is 7.50. The molecule has 0 unspecified atom stereocenters. The summed E-state index contributed by atoms with van der Waals surface area (Å²) in [6, 6.07) is 7.73. The van der Waals surface area contributed by atoms with Crippen molar-refractivity contribution in [1.82, 2.24) is 5.32 Å². The first kappa shape index (κ1) is 22.9. The van der Waals surface area contributed by atoms with E-state index in [1.807, 2.05) is 0 Å². The normalized spacial score (nSPS) is 15.2. The maximum Gasteiger partial charge on any atom is 0.416 e. The molecule has 2 amide bonds. The van der Waals surface area contributed by atoms with E-state index < -0.39 is 46.8 Å². The summed E-state index contributed by atoms with van der Waals surface area (Å²) in [7, 11) is 0. The molecule has 0 saturated carbocycles. The van der Waals surface area contributed by atoms with Gasteiger partial charge in [-0.05, 0) is 60.5 Å². The molecule has 4 rings (SSSR count). The van der Waals surface area contributed by atoms with Crippen LogP contribution in [0.15, 0.2) is 53.0 Å². The van der Waals surface area contributed by atoms with Gasteiger partial charge in [0.15, 0.2) is 0 Å². The molecule has 1 atom stereocenters. The number of nitrogens with one attached hydrogen (secondary N) is 2.